The summed E-state index contributed by atoms with van der Waals surface area (Å²) in [6, 6.07) is 1.22. The Morgan fingerprint density at radius 3 is 2.94 bits per heavy atom. The number of hydrogen-bond acceptors (Lipinski definition) is 4. The van der Waals surface area contributed by atoms with Crippen molar-refractivity contribution >= 4 is 40.7 Å². The number of aromatic nitrogens is 1. The van der Waals surface area contributed by atoms with E-state index in [1.165, 1.54) is 0 Å². The number of piperazine rings is 1. The third-order valence-electron chi connectivity index (χ3n) is 2.71. The fraction of sp³-hybridized carbons (Fsp3) is 0.400. The lowest BCUT2D eigenvalue weighted by molar-refractivity contribution is -0.122. The number of nitrogens with one attached hydrogen (secondary N) is 1. The van der Waals surface area contributed by atoms with E-state index >= 15 is 0 Å². The van der Waals surface area contributed by atoms with Crippen LogP contribution in [0.25, 0.3) is 0 Å². The molecular formula is C10H12Cl2N4O. The van der Waals surface area contributed by atoms with E-state index < -0.39 is 0 Å². The molecule has 1 amide bonds. The summed E-state index contributed by atoms with van der Waals surface area (Å²) in [7, 11) is 0. The van der Waals surface area contributed by atoms with Crippen LogP contribution in [0.15, 0.2) is 6.07 Å². The first-order valence-corrected chi connectivity index (χ1v) is 5.92. The van der Waals surface area contributed by atoms with Gasteiger partial charge in [0.25, 0.3) is 0 Å². The van der Waals surface area contributed by atoms with Gasteiger partial charge in [0.1, 0.15) is 11.9 Å². The minimum absolute atomic E-state index is 0.0531. The summed E-state index contributed by atoms with van der Waals surface area (Å²) >= 11 is 11.9. The fourth-order valence-corrected chi connectivity index (χ4v) is 2.21. The molecule has 0 radical (unpaired) electrons. The van der Waals surface area contributed by atoms with Crippen LogP contribution >= 0.6 is 23.2 Å². The predicted molar refractivity (Wildman–Crippen MR) is 68.5 cm³/mol. The van der Waals surface area contributed by atoms with Gasteiger partial charge >= 0.3 is 0 Å². The first-order chi connectivity index (χ1) is 8.00. The molecule has 92 valence electrons. The number of amides is 1. The fourth-order valence-electron chi connectivity index (χ4n) is 1.74. The molecule has 0 aliphatic carbocycles. The molecule has 17 heavy (non-hydrogen) atoms. The molecule has 7 heteroatoms. The van der Waals surface area contributed by atoms with Gasteiger partial charge in [-0.25, -0.2) is 4.98 Å². The first-order valence-electron chi connectivity index (χ1n) is 5.16. The van der Waals surface area contributed by atoms with Crippen molar-refractivity contribution in [3.8, 4) is 0 Å². The molecule has 1 aliphatic rings. The van der Waals surface area contributed by atoms with E-state index in [9.17, 15) is 4.79 Å². The molecule has 1 aliphatic heterocycles. The van der Waals surface area contributed by atoms with Crippen molar-refractivity contribution in [2.24, 2.45) is 0 Å². The minimum Gasteiger partial charge on any atom is -0.382 e. The summed E-state index contributed by atoms with van der Waals surface area (Å²) in [6.07, 6.45) is 0. The van der Waals surface area contributed by atoms with E-state index in [0.29, 0.717) is 29.0 Å². The summed E-state index contributed by atoms with van der Waals surface area (Å²) in [5.41, 5.74) is 5.65. The summed E-state index contributed by atoms with van der Waals surface area (Å²) in [4.78, 5) is 17.5. The maximum absolute atomic E-state index is 11.6. The Kier molecular flexibility index (Phi) is 3.31. The summed E-state index contributed by atoms with van der Waals surface area (Å²) in [5.74, 6) is 0.655. The monoisotopic (exact) mass is 274 g/mol. The molecule has 1 fully saturated rings. The van der Waals surface area contributed by atoms with Gasteiger partial charge in [-0.2, -0.15) is 0 Å². The van der Waals surface area contributed by atoms with E-state index in [2.05, 4.69) is 10.3 Å². The Hall–Kier alpha value is -1.20. The highest BCUT2D eigenvalue weighted by atomic mass is 35.5. The molecule has 5 nitrogen and oxygen atoms in total. The van der Waals surface area contributed by atoms with Crippen molar-refractivity contribution in [1.82, 2.24) is 10.3 Å². The quantitative estimate of drug-likeness (QED) is 0.810. The molecule has 3 N–H and O–H groups in total. The zero-order valence-corrected chi connectivity index (χ0v) is 10.7. The molecule has 0 aromatic carbocycles. The van der Waals surface area contributed by atoms with Crippen LogP contribution in [0.1, 0.15) is 6.92 Å². The van der Waals surface area contributed by atoms with Gasteiger partial charge < -0.3 is 16.0 Å². The van der Waals surface area contributed by atoms with Gasteiger partial charge in [-0.3, -0.25) is 4.79 Å². The van der Waals surface area contributed by atoms with Crippen LogP contribution in [-0.4, -0.2) is 30.0 Å². The first kappa shape index (κ1) is 12.3. The van der Waals surface area contributed by atoms with Gasteiger partial charge in [0.2, 0.25) is 5.91 Å². The Labute approximate surface area is 109 Å². The SMILES string of the molecule is CC1C(=O)NCCN1c1nc(N)c(Cl)cc1Cl. The number of pyridine rings is 1. The average molecular weight is 275 g/mol. The van der Waals surface area contributed by atoms with E-state index in [1.54, 1.807) is 13.0 Å². The molecule has 2 heterocycles. The second-order valence-electron chi connectivity index (χ2n) is 3.82. The van der Waals surface area contributed by atoms with Crippen LogP contribution in [0.3, 0.4) is 0 Å². The number of anilines is 2. The molecule has 2 rings (SSSR count). The van der Waals surface area contributed by atoms with Gasteiger partial charge in [-0.15, -0.1) is 0 Å². The smallest absolute Gasteiger partial charge is 0.242 e. The zero-order chi connectivity index (χ0) is 12.6. The normalized spacial score (nSPS) is 20.3. The molecule has 0 spiro atoms. The van der Waals surface area contributed by atoms with Crippen molar-refractivity contribution in [3.63, 3.8) is 0 Å². The van der Waals surface area contributed by atoms with Crippen LogP contribution in [-0.2, 0) is 4.79 Å². The van der Waals surface area contributed by atoms with Crippen molar-refractivity contribution in [2.75, 3.05) is 23.7 Å². The lowest BCUT2D eigenvalue weighted by Gasteiger charge is -2.34. The molecular weight excluding hydrogens is 263 g/mol. The Bertz CT molecular complexity index is 466. The van der Waals surface area contributed by atoms with Crippen molar-refractivity contribution < 1.29 is 4.79 Å². The Morgan fingerprint density at radius 1 is 1.53 bits per heavy atom. The Balaban J connectivity index is 2.39. The van der Waals surface area contributed by atoms with Gasteiger partial charge in [0.05, 0.1) is 10.0 Å². The second kappa shape index (κ2) is 4.58. The number of rotatable bonds is 1. The van der Waals surface area contributed by atoms with Crippen LogP contribution in [0, 0.1) is 0 Å². The van der Waals surface area contributed by atoms with Crippen molar-refractivity contribution in [3.05, 3.63) is 16.1 Å². The summed E-state index contributed by atoms with van der Waals surface area (Å²) in [5, 5.41) is 3.48. The highest BCUT2D eigenvalue weighted by molar-refractivity contribution is 6.37. The molecule has 0 saturated carbocycles. The van der Waals surface area contributed by atoms with E-state index in [1.807, 2.05) is 4.90 Å². The molecule has 1 atom stereocenters. The van der Waals surface area contributed by atoms with Crippen LogP contribution < -0.4 is 16.0 Å². The summed E-state index contributed by atoms with van der Waals surface area (Å²) in [6.45, 7) is 2.99. The number of nitrogen functional groups attached to an aromatic ring is 1. The van der Waals surface area contributed by atoms with Crippen molar-refractivity contribution in [1.29, 1.82) is 0 Å². The zero-order valence-electron chi connectivity index (χ0n) is 9.20. The average Bonchev–Trinajstić information content (AvgIpc) is 2.28. The van der Waals surface area contributed by atoms with Crippen molar-refractivity contribution in [2.45, 2.75) is 13.0 Å². The standard InChI is InChI=1S/C10H12Cl2N4O/c1-5-10(17)14-2-3-16(5)9-7(12)4-6(11)8(13)15-9/h4-5H,2-3H2,1H3,(H2,13,15)(H,14,17). The van der Waals surface area contributed by atoms with E-state index in [-0.39, 0.29) is 17.8 Å². The maximum Gasteiger partial charge on any atom is 0.242 e. The van der Waals surface area contributed by atoms with Gasteiger partial charge in [0.15, 0.2) is 5.82 Å². The molecule has 0 bridgehead atoms. The lowest BCUT2D eigenvalue weighted by atomic mass is 10.2. The largest absolute Gasteiger partial charge is 0.382 e. The van der Waals surface area contributed by atoms with Crippen LogP contribution in [0.2, 0.25) is 10.0 Å². The van der Waals surface area contributed by atoms with Gasteiger partial charge in [-0.05, 0) is 13.0 Å². The lowest BCUT2D eigenvalue weighted by Crippen LogP contribution is -2.54. The highest BCUT2D eigenvalue weighted by Crippen LogP contribution is 2.31. The summed E-state index contributed by atoms with van der Waals surface area (Å²) < 4.78 is 0. The third-order valence-corrected chi connectivity index (χ3v) is 3.29. The highest BCUT2D eigenvalue weighted by Gasteiger charge is 2.28. The topological polar surface area (TPSA) is 71.2 Å². The van der Waals surface area contributed by atoms with Crippen LogP contribution in [0.5, 0.6) is 0 Å². The maximum atomic E-state index is 11.6. The minimum atomic E-state index is -0.325. The predicted octanol–water partition coefficient (Wildman–Crippen LogP) is 1.30. The third kappa shape index (κ3) is 2.25. The van der Waals surface area contributed by atoms with Gasteiger partial charge in [0, 0.05) is 13.1 Å². The molecule has 1 aromatic heterocycles. The second-order valence-corrected chi connectivity index (χ2v) is 4.64. The van der Waals surface area contributed by atoms with Crippen LogP contribution in [0.4, 0.5) is 11.6 Å². The molecule has 1 unspecified atom stereocenters. The molecule has 1 aromatic rings. The number of nitrogens with two attached hydrogens (primary N) is 1. The number of halogens is 2. The number of carbonyl (C=O) groups excluding carboxylic acids is 1. The van der Waals surface area contributed by atoms with E-state index in [4.69, 9.17) is 28.9 Å². The van der Waals surface area contributed by atoms with E-state index in [0.717, 1.165) is 0 Å². The molecule has 1 saturated heterocycles. The number of hydrogen-bond donors (Lipinski definition) is 2. The Morgan fingerprint density at radius 2 is 2.24 bits per heavy atom. The number of nitrogens with zero attached hydrogens (tertiary/aromatic N) is 2. The number of carbonyl (C=O) groups is 1. The van der Waals surface area contributed by atoms with Gasteiger partial charge in [-0.1, -0.05) is 23.2 Å².